The molecule has 5 heteroatoms. The van der Waals surface area contributed by atoms with Crippen molar-refractivity contribution in [2.24, 2.45) is 0 Å². The predicted octanol–water partition coefficient (Wildman–Crippen LogP) is 4.68. The number of nitrogens with one attached hydrogen (secondary N) is 1. The zero-order chi connectivity index (χ0) is 13.0. The fourth-order valence-corrected chi connectivity index (χ4v) is 2.56. The van der Waals surface area contributed by atoms with Crippen molar-refractivity contribution in [3.05, 3.63) is 39.2 Å². The number of unbranched alkanes of at least 4 members (excludes halogenated alkanes) is 1. The molecule has 0 unspecified atom stereocenters. The van der Waals surface area contributed by atoms with Crippen molar-refractivity contribution in [2.45, 2.75) is 26.3 Å². The summed E-state index contributed by atoms with van der Waals surface area (Å²) >= 11 is 8.44. The van der Waals surface area contributed by atoms with E-state index in [-0.39, 0.29) is 0 Å². The third-order valence-corrected chi connectivity index (χ3v) is 3.63. The molecule has 0 amide bonds. The molecule has 0 bridgehead atoms. The van der Waals surface area contributed by atoms with Crippen LogP contribution < -0.4 is 5.32 Å². The maximum Gasteiger partial charge on any atom is 0.207 e. The number of benzene rings is 1. The highest BCUT2D eigenvalue weighted by Gasteiger charge is 2.06. The highest BCUT2D eigenvalue weighted by Crippen LogP contribution is 2.26. The van der Waals surface area contributed by atoms with Crippen LogP contribution in [0.1, 0.15) is 19.8 Å². The number of nitrogens with zero attached hydrogens (tertiary/aromatic N) is 2. The van der Waals surface area contributed by atoms with E-state index in [1.807, 2.05) is 24.4 Å². The molecular weight excluding hydrogens is 361 g/mol. The molecule has 2 rings (SSSR count). The standard InChI is InChI=1S/C13H15ClIN3/c1-2-3-7-18-8-6-16-13(18)17-12-5-4-10(15)9-11(12)14/h4-6,8-9H,2-3,7H2,1H3,(H,16,17). The lowest BCUT2D eigenvalue weighted by Crippen LogP contribution is -2.03. The van der Waals surface area contributed by atoms with Gasteiger partial charge in [-0.2, -0.15) is 0 Å². The van der Waals surface area contributed by atoms with Crippen molar-refractivity contribution in [1.29, 1.82) is 0 Å². The second kappa shape index (κ2) is 6.43. The zero-order valence-corrected chi connectivity index (χ0v) is 13.1. The Balaban J connectivity index is 2.15. The Bertz CT molecular complexity index is 525. The van der Waals surface area contributed by atoms with Crippen LogP contribution in [0.25, 0.3) is 0 Å². The van der Waals surface area contributed by atoms with Crippen molar-refractivity contribution in [1.82, 2.24) is 9.55 Å². The number of aryl methyl sites for hydroxylation is 1. The normalized spacial score (nSPS) is 10.6. The van der Waals surface area contributed by atoms with Gasteiger partial charge in [0.05, 0.1) is 10.7 Å². The highest BCUT2D eigenvalue weighted by molar-refractivity contribution is 14.1. The second-order valence-electron chi connectivity index (χ2n) is 4.05. The predicted molar refractivity (Wildman–Crippen MR) is 84.6 cm³/mol. The summed E-state index contributed by atoms with van der Waals surface area (Å²) in [6.07, 6.45) is 6.10. The van der Waals surface area contributed by atoms with Crippen LogP contribution in [0.4, 0.5) is 11.6 Å². The van der Waals surface area contributed by atoms with E-state index in [0.29, 0.717) is 5.02 Å². The van der Waals surface area contributed by atoms with Crippen molar-refractivity contribution < 1.29 is 0 Å². The zero-order valence-electron chi connectivity index (χ0n) is 10.2. The topological polar surface area (TPSA) is 29.9 Å². The second-order valence-corrected chi connectivity index (χ2v) is 5.70. The molecule has 1 aromatic carbocycles. The molecule has 0 spiro atoms. The molecular formula is C13H15ClIN3. The van der Waals surface area contributed by atoms with Crippen LogP contribution in [0.15, 0.2) is 30.6 Å². The van der Waals surface area contributed by atoms with Crippen LogP contribution in [0.5, 0.6) is 0 Å². The number of hydrogen-bond donors (Lipinski definition) is 1. The smallest absolute Gasteiger partial charge is 0.207 e. The number of aromatic nitrogens is 2. The number of anilines is 2. The van der Waals surface area contributed by atoms with Gasteiger partial charge in [-0.15, -0.1) is 0 Å². The van der Waals surface area contributed by atoms with E-state index in [4.69, 9.17) is 11.6 Å². The summed E-state index contributed by atoms with van der Waals surface area (Å²) in [5, 5.41) is 3.99. The van der Waals surface area contributed by atoms with Gasteiger partial charge in [-0.3, -0.25) is 0 Å². The SMILES string of the molecule is CCCCn1ccnc1Nc1ccc(I)cc1Cl. The number of halogens is 2. The summed E-state index contributed by atoms with van der Waals surface area (Å²) in [6.45, 7) is 3.15. The van der Waals surface area contributed by atoms with Gasteiger partial charge < -0.3 is 9.88 Å². The van der Waals surface area contributed by atoms with Crippen molar-refractivity contribution >= 4 is 45.8 Å². The van der Waals surface area contributed by atoms with E-state index in [1.165, 1.54) is 6.42 Å². The largest absolute Gasteiger partial charge is 0.324 e. The average Bonchev–Trinajstić information content (AvgIpc) is 2.77. The van der Waals surface area contributed by atoms with Crippen LogP contribution in [0.3, 0.4) is 0 Å². The van der Waals surface area contributed by atoms with E-state index in [1.54, 1.807) is 6.20 Å². The van der Waals surface area contributed by atoms with Gasteiger partial charge in [0.15, 0.2) is 0 Å². The quantitative estimate of drug-likeness (QED) is 0.769. The lowest BCUT2D eigenvalue weighted by molar-refractivity contribution is 0.638. The minimum Gasteiger partial charge on any atom is -0.324 e. The van der Waals surface area contributed by atoms with Gasteiger partial charge in [-0.25, -0.2) is 4.98 Å². The summed E-state index contributed by atoms with van der Waals surface area (Å²) in [5.74, 6) is 0.839. The van der Waals surface area contributed by atoms with Gasteiger partial charge >= 0.3 is 0 Å². The molecule has 2 aromatic rings. The minimum atomic E-state index is 0.715. The summed E-state index contributed by atoms with van der Waals surface area (Å²) in [6, 6.07) is 5.93. The third kappa shape index (κ3) is 3.38. The summed E-state index contributed by atoms with van der Waals surface area (Å²) in [7, 11) is 0. The summed E-state index contributed by atoms with van der Waals surface area (Å²) < 4.78 is 3.23. The maximum atomic E-state index is 6.20. The molecule has 3 nitrogen and oxygen atoms in total. The van der Waals surface area contributed by atoms with E-state index in [2.05, 4.69) is 44.4 Å². The summed E-state index contributed by atoms with van der Waals surface area (Å²) in [5.41, 5.74) is 0.890. The third-order valence-electron chi connectivity index (χ3n) is 2.65. The number of imidazole rings is 1. The molecule has 1 N–H and O–H groups in total. The van der Waals surface area contributed by atoms with Crippen molar-refractivity contribution in [3.63, 3.8) is 0 Å². The molecule has 0 saturated heterocycles. The van der Waals surface area contributed by atoms with Gasteiger partial charge in [0, 0.05) is 22.5 Å². The van der Waals surface area contributed by atoms with Gasteiger partial charge in [-0.1, -0.05) is 24.9 Å². The Morgan fingerprint density at radius 1 is 1.44 bits per heavy atom. The first-order chi connectivity index (χ1) is 8.70. The molecule has 0 radical (unpaired) electrons. The van der Waals surface area contributed by atoms with Crippen LogP contribution in [0, 0.1) is 3.57 Å². The molecule has 0 atom stereocenters. The summed E-state index contributed by atoms with van der Waals surface area (Å²) in [4.78, 5) is 4.32. The van der Waals surface area contributed by atoms with E-state index >= 15 is 0 Å². The first-order valence-electron chi connectivity index (χ1n) is 5.94. The van der Waals surface area contributed by atoms with Crippen molar-refractivity contribution in [3.8, 4) is 0 Å². The number of rotatable bonds is 5. The van der Waals surface area contributed by atoms with Crippen LogP contribution in [-0.4, -0.2) is 9.55 Å². The Morgan fingerprint density at radius 3 is 3.00 bits per heavy atom. The van der Waals surface area contributed by atoms with Gasteiger partial charge in [-0.05, 0) is 47.2 Å². The molecule has 96 valence electrons. The molecule has 18 heavy (non-hydrogen) atoms. The lowest BCUT2D eigenvalue weighted by Gasteiger charge is -2.10. The number of hydrogen-bond acceptors (Lipinski definition) is 2. The van der Waals surface area contributed by atoms with Crippen molar-refractivity contribution in [2.75, 3.05) is 5.32 Å². The molecule has 1 heterocycles. The van der Waals surface area contributed by atoms with Gasteiger partial charge in [0.1, 0.15) is 0 Å². The molecule has 0 fully saturated rings. The monoisotopic (exact) mass is 375 g/mol. The van der Waals surface area contributed by atoms with E-state index in [9.17, 15) is 0 Å². The first-order valence-corrected chi connectivity index (χ1v) is 7.39. The lowest BCUT2D eigenvalue weighted by atomic mass is 10.3. The first kappa shape index (κ1) is 13.7. The Hall–Kier alpha value is -0.750. The van der Waals surface area contributed by atoms with E-state index < -0.39 is 0 Å². The molecule has 0 aliphatic rings. The fraction of sp³-hybridized carbons (Fsp3) is 0.308. The van der Waals surface area contributed by atoms with Gasteiger partial charge in [0.2, 0.25) is 5.95 Å². The van der Waals surface area contributed by atoms with Crippen LogP contribution in [0.2, 0.25) is 5.02 Å². The Labute approximate surface area is 126 Å². The Kier molecular flexibility index (Phi) is 4.88. The van der Waals surface area contributed by atoms with Crippen LogP contribution >= 0.6 is 34.2 Å². The molecule has 0 aliphatic carbocycles. The maximum absolute atomic E-state index is 6.20. The molecule has 1 aromatic heterocycles. The Morgan fingerprint density at radius 2 is 2.28 bits per heavy atom. The average molecular weight is 376 g/mol. The van der Waals surface area contributed by atoms with E-state index in [0.717, 1.165) is 28.2 Å². The fourth-order valence-electron chi connectivity index (χ4n) is 1.65. The van der Waals surface area contributed by atoms with Crippen LogP contribution in [-0.2, 0) is 6.54 Å². The minimum absolute atomic E-state index is 0.715. The molecule has 0 aliphatic heterocycles. The highest BCUT2D eigenvalue weighted by atomic mass is 127. The van der Waals surface area contributed by atoms with Gasteiger partial charge in [0.25, 0.3) is 0 Å². The molecule has 0 saturated carbocycles.